The van der Waals surface area contributed by atoms with Gasteiger partial charge in [0.15, 0.2) is 17.5 Å². The van der Waals surface area contributed by atoms with E-state index < -0.39 is 69.5 Å². The molecule has 16 heteroatoms. The van der Waals surface area contributed by atoms with Gasteiger partial charge in [-0.05, 0) is 45.7 Å². The zero-order valence-corrected chi connectivity index (χ0v) is 24.5. The smallest absolute Gasteiger partial charge is 0.417 e. The van der Waals surface area contributed by atoms with Crippen molar-refractivity contribution in [1.29, 1.82) is 0 Å². The average Bonchev–Trinajstić information content (AvgIpc) is 3.48. The zero-order chi connectivity index (χ0) is 32.1. The number of piperazine rings is 1. The van der Waals surface area contributed by atoms with Crippen molar-refractivity contribution in [2.24, 2.45) is 0 Å². The van der Waals surface area contributed by atoms with Crippen LogP contribution in [0.15, 0.2) is 0 Å². The van der Waals surface area contributed by atoms with E-state index in [-0.39, 0.29) is 66.8 Å². The minimum atomic E-state index is -5.31. The molecule has 4 aliphatic heterocycles. The number of ether oxygens (including phenoxy) is 2. The van der Waals surface area contributed by atoms with Crippen LogP contribution in [0.5, 0.6) is 11.9 Å². The number of nitrogens with one attached hydrogen (secondary N) is 1. The number of hydrogen-bond acceptors (Lipinski definition) is 9. The number of aromatic nitrogens is 3. The van der Waals surface area contributed by atoms with E-state index >= 15 is 8.78 Å². The monoisotopic (exact) mass is 641 g/mol. The van der Waals surface area contributed by atoms with E-state index in [1.807, 2.05) is 4.90 Å². The number of benzene rings is 1. The van der Waals surface area contributed by atoms with Crippen LogP contribution in [0.3, 0.4) is 0 Å². The molecule has 0 radical (unpaired) electrons. The number of pyridine rings is 1. The Bertz CT molecular complexity index is 1710. The summed E-state index contributed by atoms with van der Waals surface area (Å²) >= 11 is 0. The fourth-order valence-corrected chi connectivity index (χ4v) is 7.31. The lowest BCUT2D eigenvalue weighted by atomic mass is 9.95. The van der Waals surface area contributed by atoms with E-state index in [1.54, 1.807) is 18.9 Å². The molecule has 0 saturated carbocycles. The molecule has 0 aliphatic carbocycles. The van der Waals surface area contributed by atoms with Crippen LogP contribution in [0.1, 0.15) is 37.3 Å². The van der Waals surface area contributed by atoms with Crippen molar-refractivity contribution in [3.05, 3.63) is 28.6 Å². The highest BCUT2D eigenvalue weighted by molar-refractivity contribution is 5.97. The number of alkyl halides is 4. The molecule has 45 heavy (non-hydrogen) atoms. The van der Waals surface area contributed by atoms with Crippen LogP contribution in [-0.4, -0.2) is 83.0 Å². The Morgan fingerprint density at radius 1 is 1.07 bits per heavy atom. The molecule has 7 rings (SSSR count). The molecule has 242 valence electrons. The van der Waals surface area contributed by atoms with Crippen LogP contribution in [0, 0.1) is 24.4 Å². The van der Waals surface area contributed by atoms with Gasteiger partial charge in [0.05, 0.1) is 17.2 Å². The van der Waals surface area contributed by atoms with E-state index in [9.17, 15) is 22.0 Å². The van der Waals surface area contributed by atoms with Gasteiger partial charge < -0.3 is 25.4 Å². The van der Waals surface area contributed by atoms with E-state index in [1.165, 1.54) is 0 Å². The zero-order valence-electron chi connectivity index (χ0n) is 24.5. The molecular weight excluding hydrogens is 611 g/mol. The lowest BCUT2D eigenvalue weighted by molar-refractivity contribution is -0.137. The van der Waals surface area contributed by atoms with Gasteiger partial charge >= 0.3 is 12.2 Å². The van der Waals surface area contributed by atoms with Crippen LogP contribution >= 0.6 is 0 Å². The second-order valence-corrected chi connectivity index (χ2v) is 12.3. The summed E-state index contributed by atoms with van der Waals surface area (Å²) in [4.78, 5) is 16.6. The number of likely N-dealkylation sites (tertiary alicyclic amines) is 1. The Balaban J connectivity index is 1.47. The lowest BCUT2D eigenvalue weighted by Gasteiger charge is -2.42. The molecule has 3 N–H and O–H groups in total. The Morgan fingerprint density at radius 2 is 1.82 bits per heavy atom. The Kier molecular flexibility index (Phi) is 6.96. The van der Waals surface area contributed by atoms with Crippen molar-refractivity contribution in [1.82, 2.24) is 25.2 Å². The highest BCUT2D eigenvalue weighted by Gasteiger charge is 2.48. The fourth-order valence-electron chi connectivity index (χ4n) is 7.31. The van der Waals surface area contributed by atoms with Gasteiger partial charge in [-0.3, -0.25) is 4.90 Å². The van der Waals surface area contributed by atoms with Crippen molar-refractivity contribution in [2.45, 2.75) is 75.7 Å². The summed E-state index contributed by atoms with van der Waals surface area (Å²) in [5, 5.41) is 3.51. The maximum absolute atomic E-state index is 16.6. The lowest BCUT2D eigenvalue weighted by Crippen LogP contribution is -2.62. The number of nitrogens with two attached hydrogens (primary N) is 1. The Hall–Kier alpha value is -3.66. The summed E-state index contributed by atoms with van der Waals surface area (Å²) in [5.74, 6) is -4.97. The number of anilines is 2. The molecule has 6 atom stereocenters. The van der Waals surface area contributed by atoms with E-state index in [2.05, 4.69) is 20.3 Å². The number of hydrogen-bond donors (Lipinski definition) is 2. The van der Waals surface area contributed by atoms with Gasteiger partial charge in [-0.25, -0.2) is 22.5 Å². The molecule has 1 aromatic carbocycles. The standard InChI is InChI=1S/C29H30F7N7O2/c1-10-18(29(34,35)36)16(20(32)22(37)19(10)31)23-21(33)24-17-26(41-28(40-24)44-9-14-6-12(30)7-42(14)3)43-8-13-4-5-15(38-13)25(43)11(2)45-27(17)39-23/h11-15,25,38H,4-9,37H2,1-3H3/t11-,12+,13+,14-,15-,25+/m0/s1. The number of halogens is 7. The molecule has 0 unspecified atom stereocenters. The van der Waals surface area contributed by atoms with Gasteiger partial charge in [-0.2, -0.15) is 23.1 Å². The highest BCUT2D eigenvalue weighted by atomic mass is 19.4. The number of fused-ring (bicyclic) bond motifs is 5. The summed E-state index contributed by atoms with van der Waals surface area (Å²) in [5.41, 5.74) is -1.46. The van der Waals surface area contributed by atoms with Gasteiger partial charge in [-0.1, -0.05) is 0 Å². The summed E-state index contributed by atoms with van der Waals surface area (Å²) in [7, 11) is 1.73. The molecular formula is C29H30F7N7O2. The second kappa shape index (κ2) is 10.4. The van der Waals surface area contributed by atoms with Crippen molar-refractivity contribution in [3.63, 3.8) is 0 Å². The van der Waals surface area contributed by atoms with Crippen LogP contribution in [-0.2, 0) is 6.18 Å². The number of nitrogens with zero attached hydrogens (tertiary/aromatic N) is 5. The fraction of sp³-hybridized carbons (Fsp3) is 0.552. The maximum Gasteiger partial charge on any atom is 0.417 e. The van der Waals surface area contributed by atoms with Gasteiger partial charge in [-0.15, -0.1) is 0 Å². The molecule has 0 spiro atoms. The van der Waals surface area contributed by atoms with Gasteiger partial charge in [0.2, 0.25) is 5.88 Å². The minimum absolute atomic E-state index is 0.0261. The molecule has 2 bridgehead atoms. The summed E-state index contributed by atoms with van der Waals surface area (Å²) in [6, 6.07) is -0.926. The predicted molar refractivity (Wildman–Crippen MR) is 149 cm³/mol. The van der Waals surface area contributed by atoms with E-state index in [4.69, 9.17) is 15.2 Å². The van der Waals surface area contributed by atoms with Crippen molar-refractivity contribution >= 4 is 22.4 Å². The molecule has 6 heterocycles. The summed E-state index contributed by atoms with van der Waals surface area (Å²) in [6.45, 7) is 3.14. The first-order chi connectivity index (χ1) is 21.2. The average molecular weight is 642 g/mol. The van der Waals surface area contributed by atoms with Crippen LogP contribution in [0.25, 0.3) is 22.2 Å². The molecule has 3 fully saturated rings. The van der Waals surface area contributed by atoms with Crippen LogP contribution in [0.2, 0.25) is 0 Å². The Morgan fingerprint density at radius 3 is 2.51 bits per heavy atom. The highest BCUT2D eigenvalue weighted by Crippen LogP contribution is 2.48. The number of nitrogen functional groups attached to an aromatic ring is 1. The molecule has 2 aromatic heterocycles. The predicted octanol–water partition coefficient (Wildman–Crippen LogP) is 4.53. The third-order valence-electron chi connectivity index (χ3n) is 9.44. The minimum Gasteiger partial charge on any atom is -0.472 e. The number of rotatable bonds is 4. The molecule has 3 aromatic rings. The SMILES string of the molecule is Cc1c(F)c(N)c(F)c(-c2nc3c4c(nc(OC[C@@H]5C[C@@H](F)CN5C)nc4c2F)N2C[C@H]4CC[C@H](N4)[C@H]2[C@H](C)O3)c1C(F)(F)F. The van der Waals surface area contributed by atoms with Crippen molar-refractivity contribution in [2.75, 3.05) is 37.4 Å². The van der Waals surface area contributed by atoms with Crippen molar-refractivity contribution < 1.29 is 40.2 Å². The normalized spacial score (nSPS) is 27.9. The van der Waals surface area contributed by atoms with E-state index in [0.717, 1.165) is 19.8 Å². The van der Waals surface area contributed by atoms with Crippen LogP contribution < -0.4 is 25.4 Å². The number of likely N-dealkylation sites (N-methyl/N-ethyl adjacent to an activating group) is 1. The molecule has 0 amide bonds. The quantitative estimate of drug-likeness (QED) is 0.315. The summed E-state index contributed by atoms with van der Waals surface area (Å²) in [6.07, 6.45) is -5.10. The van der Waals surface area contributed by atoms with Gasteiger partial charge in [0.1, 0.15) is 47.0 Å². The first-order valence-corrected chi connectivity index (χ1v) is 14.7. The third kappa shape index (κ3) is 4.70. The van der Waals surface area contributed by atoms with E-state index in [0.29, 0.717) is 6.54 Å². The van der Waals surface area contributed by atoms with Gasteiger partial charge in [0.25, 0.3) is 0 Å². The molecule has 4 aliphatic rings. The largest absolute Gasteiger partial charge is 0.472 e. The molecule has 9 nitrogen and oxygen atoms in total. The first-order valence-electron chi connectivity index (χ1n) is 14.7. The first kappa shape index (κ1) is 30.0. The second-order valence-electron chi connectivity index (χ2n) is 12.3. The maximum atomic E-state index is 16.6. The summed E-state index contributed by atoms with van der Waals surface area (Å²) < 4.78 is 116. The van der Waals surface area contributed by atoms with Crippen molar-refractivity contribution in [3.8, 4) is 23.1 Å². The Labute approximate surface area is 252 Å². The topological polar surface area (TPSA) is 102 Å². The van der Waals surface area contributed by atoms with Crippen LogP contribution in [0.4, 0.5) is 42.2 Å². The molecule has 3 saturated heterocycles. The van der Waals surface area contributed by atoms with Gasteiger partial charge in [0, 0.05) is 31.2 Å². The third-order valence-corrected chi connectivity index (χ3v) is 9.44.